The predicted molar refractivity (Wildman–Crippen MR) is 83.8 cm³/mol. The van der Waals surface area contributed by atoms with Crippen molar-refractivity contribution in [1.82, 2.24) is 10.4 Å². The minimum atomic E-state index is -1.08. The number of carboxylic acids is 1. The number of aliphatic carboxylic acids is 1. The van der Waals surface area contributed by atoms with Crippen LogP contribution in [-0.4, -0.2) is 33.5 Å². The van der Waals surface area contributed by atoms with Gasteiger partial charge < -0.3 is 15.2 Å². The highest BCUT2D eigenvalue weighted by molar-refractivity contribution is 6.39. The molecule has 0 aliphatic heterocycles. The minimum absolute atomic E-state index is 0.0295. The lowest BCUT2D eigenvalue weighted by molar-refractivity contribution is -0.144. The highest BCUT2D eigenvalue weighted by atomic mass is 19.1. The van der Waals surface area contributed by atoms with Gasteiger partial charge in [0.05, 0.1) is 17.8 Å². The van der Waals surface area contributed by atoms with Crippen LogP contribution in [0.25, 0.3) is 0 Å². The summed E-state index contributed by atoms with van der Waals surface area (Å²) in [6.45, 7) is 1.77. The number of ether oxygens (including phenoxy) is 1. The molecule has 0 saturated heterocycles. The fourth-order valence-corrected chi connectivity index (χ4v) is 2.63. The molecule has 0 spiro atoms. The molecule has 1 aliphatic rings. The molecule has 0 atom stereocenters. The Labute approximate surface area is 142 Å². The van der Waals surface area contributed by atoms with Crippen LogP contribution in [0.4, 0.5) is 10.1 Å². The molecule has 1 aromatic rings. The van der Waals surface area contributed by atoms with Gasteiger partial charge in [-0.25, -0.2) is 15.2 Å². The molecule has 136 valence electrons. The Morgan fingerprint density at radius 1 is 1.36 bits per heavy atom. The second kappa shape index (κ2) is 7.43. The van der Waals surface area contributed by atoms with Crippen molar-refractivity contribution in [2.45, 2.75) is 38.2 Å². The first-order chi connectivity index (χ1) is 11.7. The zero-order chi connectivity index (χ0) is 18.6. The maximum Gasteiger partial charge on any atom is 0.323 e. The number of rotatable bonds is 4. The third kappa shape index (κ3) is 4.63. The van der Waals surface area contributed by atoms with Gasteiger partial charge in [0, 0.05) is 6.07 Å². The average molecular weight is 354 g/mol. The summed E-state index contributed by atoms with van der Waals surface area (Å²) in [4.78, 5) is 37.2. The zero-order valence-electron chi connectivity index (χ0n) is 13.5. The summed E-state index contributed by atoms with van der Waals surface area (Å²) in [5.74, 6) is 0.361. The standard InChI is InChI=1S/C15H19FN4O5/c1-15(4-2-8(3-5-15)14(23)24)25-13-10(16)6-9(7-18-13)19-11(21)12(22)20-17/h6-8H,2-5,17H2,1H3,(H,19,21)(H,20,22)(H,23,24). The summed E-state index contributed by atoms with van der Waals surface area (Å²) >= 11 is 0. The number of carboxylic acid groups (broad SMARTS) is 1. The van der Waals surface area contributed by atoms with Crippen LogP contribution in [0.3, 0.4) is 0 Å². The van der Waals surface area contributed by atoms with Crippen LogP contribution in [0.5, 0.6) is 5.88 Å². The SMILES string of the molecule is CC1(Oc2ncc(NC(=O)C(=O)NN)cc2F)CCC(C(=O)O)CC1. The van der Waals surface area contributed by atoms with Crippen LogP contribution in [-0.2, 0) is 14.4 Å². The summed E-state index contributed by atoms with van der Waals surface area (Å²) in [6, 6.07) is 0.969. The Bertz CT molecular complexity index is 688. The largest absolute Gasteiger partial charge is 0.481 e. The third-order valence-corrected chi connectivity index (χ3v) is 4.14. The van der Waals surface area contributed by atoms with E-state index in [1.807, 2.05) is 0 Å². The van der Waals surface area contributed by atoms with Crippen LogP contribution >= 0.6 is 0 Å². The molecular weight excluding hydrogens is 335 g/mol. The van der Waals surface area contributed by atoms with Crippen molar-refractivity contribution in [3.05, 3.63) is 18.1 Å². The molecule has 9 nitrogen and oxygen atoms in total. The summed E-state index contributed by atoms with van der Waals surface area (Å²) in [5, 5.41) is 11.2. The minimum Gasteiger partial charge on any atom is -0.481 e. The molecular formula is C15H19FN4O5. The van der Waals surface area contributed by atoms with E-state index in [1.165, 1.54) is 0 Å². The molecule has 1 aromatic heterocycles. The van der Waals surface area contributed by atoms with Crippen molar-refractivity contribution in [2.24, 2.45) is 11.8 Å². The summed E-state index contributed by atoms with van der Waals surface area (Å²) in [6.07, 6.45) is 2.94. The van der Waals surface area contributed by atoms with Crippen molar-refractivity contribution >= 4 is 23.5 Å². The Morgan fingerprint density at radius 3 is 2.52 bits per heavy atom. The number of anilines is 1. The summed E-state index contributed by atoms with van der Waals surface area (Å²) < 4.78 is 19.8. The number of nitrogens with one attached hydrogen (secondary N) is 2. The van der Waals surface area contributed by atoms with E-state index in [0.29, 0.717) is 25.7 Å². The number of hydrogen-bond donors (Lipinski definition) is 4. The Balaban J connectivity index is 2.02. The lowest BCUT2D eigenvalue weighted by Crippen LogP contribution is -2.39. The number of hydrogen-bond acceptors (Lipinski definition) is 6. The molecule has 10 heteroatoms. The second-order valence-corrected chi connectivity index (χ2v) is 6.10. The van der Waals surface area contributed by atoms with E-state index < -0.39 is 35.1 Å². The Hall–Kier alpha value is -2.75. The van der Waals surface area contributed by atoms with E-state index >= 15 is 0 Å². The molecule has 1 fully saturated rings. The van der Waals surface area contributed by atoms with Gasteiger partial charge in [-0.05, 0) is 32.6 Å². The van der Waals surface area contributed by atoms with E-state index in [4.69, 9.17) is 15.7 Å². The van der Waals surface area contributed by atoms with Crippen molar-refractivity contribution in [3.63, 3.8) is 0 Å². The maximum absolute atomic E-state index is 14.2. The second-order valence-electron chi connectivity index (χ2n) is 6.10. The van der Waals surface area contributed by atoms with Gasteiger partial charge in [0.25, 0.3) is 5.88 Å². The number of amides is 2. The molecule has 5 N–H and O–H groups in total. The molecule has 0 bridgehead atoms. The number of hydrazine groups is 1. The van der Waals surface area contributed by atoms with E-state index in [2.05, 4.69) is 10.3 Å². The topological polar surface area (TPSA) is 144 Å². The maximum atomic E-state index is 14.2. The van der Waals surface area contributed by atoms with Gasteiger partial charge in [0.1, 0.15) is 5.60 Å². The third-order valence-electron chi connectivity index (χ3n) is 4.14. The van der Waals surface area contributed by atoms with E-state index in [0.717, 1.165) is 12.3 Å². The first-order valence-corrected chi connectivity index (χ1v) is 7.63. The van der Waals surface area contributed by atoms with E-state index in [1.54, 1.807) is 12.3 Å². The molecule has 1 heterocycles. The normalized spacial score (nSPS) is 22.8. The van der Waals surface area contributed by atoms with Gasteiger partial charge in [0.15, 0.2) is 5.82 Å². The molecule has 25 heavy (non-hydrogen) atoms. The molecule has 0 radical (unpaired) electrons. The number of carbonyl (C=O) groups is 3. The monoisotopic (exact) mass is 354 g/mol. The highest BCUT2D eigenvalue weighted by Crippen LogP contribution is 2.36. The average Bonchev–Trinajstić information content (AvgIpc) is 2.56. The van der Waals surface area contributed by atoms with Crippen molar-refractivity contribution in [2.75, 3.05) is 5.32 Å². The zero-order valence-corrected chi connectivity index (χ0v) is 13.5. The van der Waals surface area contributed by atoms with E-state index in [-0.39, 0.29) is 11.6 Å². The van der Waals surface area contributed by atoms with Crippen LogP contribution in [0, 0.1) is 11.7 Å². The lowest BCUT2D eigenvalue weighted by Gasteiger charge is -2.36. The van der Waals surface area contributed by atoms with Gasteiger partial charge in [-0.15, -0.1) is 0 Å². The fraction of sp³-hybridized carbons (Fsp3) is 0.467. The van der Waals surface area contributed by atoms with E-state index in [9.17, 15) is 18.8 Å². The molecule has 2 amide bonds. The molecule has 0 unspecified atom stereocenters. The number of aromatic nitrogens is 1. The molecule has 1 saturated carbocycles. The number of nitrogens with zero attached hydrogens (tertiary/aromatic N) is 1. The quantitative estimate of drug-likeness (QED) is 0.268. The number of halogens is 1. The first kappa shape index (κ1) is 18.6. The van der Waals surface area contributed by atoms with Crippen LogP contribution < -0.4 is 21.3 Å². The van der Waals surface area contributed by atoms with Crippen LogP contribution in [0.2, 0.25) is 0 Å². The van der Waals surface area contributed by atoms with Gasteiger partial charge in [-0.1, -0.05) is 0 Å². The lowest BCUT2D eigenvalue weighted by atomic mass is 9.80. The summed E-state index contributed by atoms with van der Waals surface area (Å²) in [5.41, 5.74) is 0.902. The molecule has 1 aliphatic carbocycles. The fourth-order valence-electron chi connectivity index (χ4n) is 2.63. The van der Waals surface area contributed by atoms with Crippen molar-refractivity contribution < 1.29 is 28.6 Å². The number of nitrogens with two attached hydrogens (primary N) is 1. The van der Waals surface area contributed by atoms with Crippen molar-refractivity contribution in [3.8, 4) is 5.88 Å². The molecule has 0 aromatic carbocycles. The van der Waals surface area contributed by atoms with Crippen LogP contribution in [0.1, 0.15) is 32.6 Å². The highest BCUT2D eigenvalue weighted by Gasteiger charge is 2.36. The predicted octanol–water partition coefficient (Wildman–Crippen LogP) is 0.561. The molecule has 2 rings (SSSR count). The summed E-state index contributed by atoms with van der Waals surface area (Å²) in [7, 11) is 0. The van der Waals surface area contributed by atoms with Crippen LogP contribution in [0.15, 0.2) is 12.3 Å². The van der Waals surface area contributed by atoms with Gasteiger partial charge >= 0.3 is 17.8 Å². The van der Waals surface area contributed by atoms with Gasteiger partial charge in [-0.3, -0.25) is 19.8 Å². The van der Waals surface area contributed by atoms with Crippen molar-refractivity contribution in [1.29, 1.82) is 0 Å². The first-order valence-electron chi connectivity index (χ1n) is 7.63. The number of carbonyl (C=O) groups excluding carboxylic acids is 2. The Kier molecular flexibility index (Phi) is 5.52. The van der Waals surface area contributed by atoms with Gasteiger partial charge in [0.2, 0.25) is 0 Å². The number of pyridine rings is 1. The Morgan fingerprint density at radius 2 is 2.00 bits per heavy atom. The smallest absolute Gasteiger partial charge is 0.323 e. The van der Waals surface area contributed by atoms with Gasteiger partial charge in [-0.2, -0.15) is 0 Å².